The molecule has 1 aromatic heterocycles. The molecule has 0 fully saturated rings. The fraction of sp³-hybridized carbons (Fsp3) is 0.0545. The minimum absolute atomic E-state index is 0.117. The van der Waals surface area contributed by atoms with Crippen LogP contribution in [0, 0.1) is 0 Å². The summed E-state index contributed by atoms with van der Waals surface area (Å²) in [6.45, 7) is 4.72. The van der Waals surface area contributed by atoms with E-state index in [-0.39, 0.29) is 5.41 Å². The van der Waals surface area contributed by atoms with Crippen molar-refractivity contribution in [2.24, 2.45) is 0 Å². The highest BCUT2D eigenvalue weighted by molar-refractivity contribution is 6.11. The van der Waals surface area contributed by atoms with Gasteiger partial charge in [0.15, 0.2) is 0 Å². The topological polar surface area (TPSA) is 8.17 Å². The second-order valence-electron chi connectivity index (χ2n) is 15.8. The Hall–Kier alpha value is -7.16. The van der Waals surface area contributed by atoms with Gasteiger partial charge in [0.1, 0.15) is 0 Å². The first-order chi connectivity index (χ1) is 28.0. The van der Waals surface area contributed by atoms with Crippen LogP contribution in [0.1, 0.15) is 25.0 Å². The third-order valence-corrected chi connectivity index (χ3v) is 12.2. The molecule has 2 heteroatoms. The van der Waals surface area contributed by atoms with Gasteiger partial charge in [-0.25, -0.2) is 0 Å². The maximum absolute atomic E-state index is 2.46. The molecule has 270 valence electrons. The van der Waals surface area contributed by atoms with Gasteiger partial charge in [-0.3, -0.25) is 0 Å². The molecule has 0 bridgehead atoms. The van der Waals surface area contributed by atoms with E-state index in [2.05, 4.69) is 230 Å². The molecule has 0 aliphatic heterocycles. The van der Waals surface area contributed by atoms with Gasteiger partial charge in [0.2, 0.25) is 0 Å². The molecule has 0 saturated carbocycles. The van der Waals surface area contributed by atoms with Crippen LogP contribution in [-0.4, -0.2) is 4.57 Å². The molecule has 0 N–H and O–H groups in total. The summed E-state index contributed by atoms with van der Waals surface area (Å²) in [4.78, 5) is 2.46. The van der Waals surface area contributed by atoms with E-state index < -0.39 is 0 Å². The van der Waals surface area contributed by atoms with Crippen LogP contribution in [0.5, 0.6) is 0 Å². The molecule has 2 nitrogen and oxygen atoms in total. The van der Waals surface area contributed by atoms with Crippen LogP contribution >= 0.6 is 0 Å². The first kappa shape index (κ1) is 33.2. The maximum Gasteiger partial charge on any atom is 0.0542 e. The summed E-state index contributed by atoms with van der Waals surface area (Å²) < 4.78 is 2.41. The Labute approximate surface area is 333 Å². The quantitative estimate of drug-likeness (QED) is 0.165. The summed E-state index contributed by atoms with van der Waals surface area (Å²) in [5.41, 5.74) is 17.0. The normalized spacial score (nSPS) is 12.9. The Morgan fingerprint density at radius 2 is 1.02 bits per heavy atom. The number of fused-ring (bicyclic) bond motifs is 7. The fourth-order valence-electron chi connectivity index (χ4n) is 9.34. The number of aromatic nitrogens is 1. The number of para-hydroxylation sites is 2. The Balaban J connectivity index is 1.08. The van der Waals surface area contributed by atoms with Gasteiger partial charge in [0.25, 0.3) is 0 Å². The van der Waals surface area contributed by atoms with Crippen molar-refractivity contribution in [3.8, 4) is 39.1 Å². The summed E-state index contributed by atoms with van der Waals surface area (Å²) in [6.07, 6.45) is 0. The van der Waals surface area contributed by atoms with Crippen molar-refractivity contribution in [1.82, 2.24) is 4.57 Å². The lowest BCUT2D eigenvalue weighted by Gasteiger charge is -2.30. The fourth-order valence-corrected chi connectivity index (χ4v) is 9.34. The summed E-state index contributed by atoms with van der Waals surface area (Å²) in [7, 11) is 0. The zero-order chi connectivity index (χ0) is 38.1. The van der Waals surface area contributed by atoms with E-state index in [4.69, 9.17) is 0 Å². The molecule has 1 heterocycles. The molecule has 1 aliphatic rings. The van der Waals surface area contributed by atoms with Gasteiger partial charge in [0, 0.05) is 38.8 Å². The van der Waals surface area contributed by atoms with Crippen molar-refractivity contribution in [2.75, 3.05) is 4.90 Å². The average molecular weight is 729 g/mol. The Morgan fingerprint density at radius 1 is 0.386 bits per heavy atom. The Kier molecular flexibility index (Phi) is 7.55. The first-order valence-corrected chi connectivity index (χ1v) is 19.8. The second kappa shape index (κ2) is 13.0. The van der Waals surface area contributed by atoms with Gasteiger partial charge >= 0.3 is 0 Å². The molecule has 1 aliphatic carbocycles. The highest BCUT2D eigenvalue weighted by Crippen LogP contribution is 2.51. The number of rotatable bonds is 6. The Morgan fingerprint density at radius 3 is 1.88 bits per heavy atom. The largest absolute Gasteiger partial charge is 0.310 e. The molecule has 11 rings (SSSR count). The number of nitrogens with zero attached hydrogens (tertiary/aromatic N) is 2. The van der Waals surface area contributed by atoms with Crippen LogP contribution < -0.4 is 4.90 Å². The molecule has 0 saturated heterocycles. The molecular weight excluding hydrogens is 689 g/mol. The highest BCUT2D eigenvalue weighted by Gasteiger charge is 2.36. The number of benzene rings is 9. The van der Waals surface area contributed by atoms with Gasteiger partial charge in [-0.15, -0.1) is 0 Å². The van der Waals surface area contributed by atoms with Crippen LogP contribution in [0.3, 0.4) is 0 Å². The predicted octanol–water partition coefficient (Wildman–Crippen LogP) is 15.0. The number of hydrogen-bond donors (Lipinski definition) is 0. The van der Waals surface area contributed by atoms with Gasteiger partial charge in [0.05, 0.1) is 16.7 Å². The molecule has 10 aromatic rings. The van der Waals surface area contributed by atoms with Gasteiger partial charge in [-0.1, -0.05) is 159 Å². The summed E-state index contributed by atoms with van der Waals surface area (Å²) >= 11 is 0. The minimum Gasteiger partial charge on any atom is -0.310 e. The van der Waals surface area contributed by atoms with E-state index in [0.29, 0.717) is 0 Å². The number of hydrogen-bond acceptors (Lipinski definition) is 1. The number of anilines is 3. The van der Waals surface area contributed by atoms with Crippen LogP contribution in [0.2, 0.25) is 0 Å². The predicted molar refractivity (Wildman–Crippen MR) is 241 cm³/mol. The van der Waals surface area contributed by atoms with Crippen molar-refractivity contribution in [1.29, 1.82) is 0 Å². The second-order valence-corrected chi connectivity index (χ2v) is 15.8. The third-order valence-electron chi connectivity index (χ3n) is 12.2. The standard InChI is InChI=1S/C55H40N2/c1-55(2)50-21-11-8-19-46(50)47-32-30-44(36-51(47)55)56(52-22-12-9-18-45(52)39-15-4-3-5-16-39)43-31-33-54-49(35-43)48-20-10-13-23-53(48)57(54)42-28-26-38(27-29-42)41-25-24-37-14-6-7-17-40(37)34-41/h3-36H,1-2H3. The molecule has 9 aromatic carbocycles. The van der Waals surface area contributed by atoms with E-state index in [9.17, 15) is 0 Å². The van der Waals surface area contributed by atoms with E-state index in [1.165, 1.54) is 77.1 Å². The smallest absolute Gasteiger partial charge is 0.0542 e. The van der Waals surface area contributed by atoms with Crippen molar-refractivity contribution < 1.29 is 0 Å². The molecule has 0 amide bonds. The molecule has 57 heavy (non-hydrogen) atoms. The van der Waals surface area contributed by atoms with Gasteiger partial charge in [-0.05, 0) is 110 Å². The van der Waals surface area contributed by atoms with Crippen LogP contribution in [0.25, 0.3) is 71.6 Å². The zero-order valence-corrected chi connectivity index (χ0v) is 32.0. The summed E-state index contributed by atoms with van der Waals surface area (Å²) in [6, 6.07) is 75.7. The first-order valence-electron chi connectivity index (χ1n) is 19.8. The maximum atomic E-state index is 2.46. The van der Waals surface area contributed by atoms with E-state index in [1.807, 2.05) is 0 Å². The van der Waals surface area contributed by atoms with Crippen molar-refractivity contribution in [2.45, 2.75) is 19.3 Å². The van der Waals surface area contributed by atoms with Crippen molar-refractivity contribution in [3.05, 3.63) is 217 Å². The van der Waals surface area contributed by atoms with E-state index in [1.54, 1.807) is 0 Å². The molecule has 0 radical (unpaired) electrons. The minimum atomic E-state index is -0.117. The van der Waals surface area contributed by atoms with Crippen molar-refractivity contribution >= 4 is 49.6 Å². The van der Waals surface area contributed by atoms with Gasteiger partial charge < -0.3 is 9.47 Å². The Bertz CT molecular complexity index is 3150. The van der Waals surface area contributed by atoms with Crippen LogP contribution in [-0.2, 0) is 5.41 Å². The SMILES string of the molecule is CC1(C)c2ccccc2-c2ccc(N(c3ccc4c(c3)c3ccccc3n4-c3ccc(-c4ccc5ccccc5c4)cc3)c3ccccc3-c3ccccc3)cc21. The highest BCUT2D eigenvalue weighted by atomic mass is 15.1. The summed E-state index contributed by atoms with van der Waals surface area (Å²) in [5, 5.41) is 4.97. The third kappa shape index (κ3) is 5.33. The lowest BCUT2D eigenvalue weighted by molar-refractivity contribution is 0.660. The monoisotopic (exact) mass is 728 g/mol. The molecule has 0 spiro atoms. The van der Waals surface area contributed by atoms with Gasteiger partial charge in [-0.2, -0.15) is 0 Å². The van der Waals surface area contributed by atoms with E-state index >= 15 is 0 Å². The lowest BCUT2D eigenvalue weighted by atomic mass is 9.82. The summed E-state index contributed by atoms with van der Waals surface area (Å²) in [5.74, 6) is 0. The average Bonchev–Trinajstić information content (AvgIpc) is 3.72. The van der Waals surface area contributed by atoms with Crippen LogP contribution in [0.15, 0.2) is 206 Å². The zero-order valence-electron chi connectivity index (χ0n) is 32.0. The van der Waals surface area contributed by atoms with E-state index in [0.717, 1.165) is 22.7 Å². The lowest BCUT2D eigenvalue weighted by Crippen LogP contribution is -2.16. The molecule has 0 unspecified atom stereocenters. The molecular formula is C55H40N2. The van der Waals surface area contributed by atoms with Crippen molar-refractivity contribution in [3.63, 3.8) is 0 Å². The molecule has 0 atom stereocenters. The van der Waals surface area contributed by atoms with Crippen LogP contribution in [0.4, 0.5) is 17.1 Å².